The molecule has 0 heterocycles. The van der Waals surface area contributed by atoms with Crippen LogP contribution in [0.1, 0.15) is 85.4 Å². The Morgan fingerprint density at radius 1 is 0.923 bits per heavy atom. The molecule has 0 fully saturated rings. The summed E-state index contributed by atoms with van der Waals surface area (Å²) in [7, 11) is 0. The summed E-state index contributed by atoms with van der Waals surface area (Å²) in [6.07, 6.45) is 1.52. The predicted octanol–water partition coefficient (Wildman–Crippen LogP) is 6.96. The summed E-state index contributed by atoms with van der Waals surface area (Å²) in [6, 6.07) is 4.39. The second kappa shape index (κ2) is 8.49. The fraction of sp³-hybridized carbons (Fsp3) is 0.682. The van der Waals surface area contributed by atoms with E-state index in [1.807, 2.05) is 20.8 Å². The third-order valence-corrected chi connectivity index (χ3v) is 4.70. The van der Waals surface area contributed by atoms with Gasteiger partial charge in [-0.1, -0.05) is 76.3 Å². The van der Waals surface area contributed by atoms with Crippen LogP contribution in [0.5, 0.6) is 5.75 Å². The molecule has 0 aliphatic carbocycles. The Bertz CT molecular complexity index is 593. The highest BCUT2D eigenvalue weighted by atomic mass is 127. The van der Waals surface area contributed by atoms with Crippen LogP contribution in [0.4, 0.5) is 4.79 Å². The summed E-state index contributed by atoms with van der Waals surface area (Å²) in [5, 5.41) is 0. The maximum atomic E-state index is 12.4. The van der Waals surface area contributed by atoms with Crippen molar-refractivity contribution in [2.45, 2.75) is 91.6 Å². The fourth-order valence-electron chi connectivity index (χ4n) is 2.68. The molecule has 0 unspecified atom stereocenters. The molecular formula is C22H35IO3. The van der Waals surface area contributed by atoms with E-state index in [2.05, 4.69) is 76.3 Å². The van der Waals surface area contributed by atoms with Gasteiger partial charge in [-0.3, -0.25) is 0 Å². The standard InChI is InChI=1S/C22H35IO3/c1-20(2,3)16-13-15(11-10-12-23)14-17(21(4,5)6)18(16)25-19(24)26-22(7,8)9/h13-14H,10-12H2,1-9H3. The van der Waals surface area contributed by atoms with Gasteiger partial charge in [0.2, 0.25) is 0 Å². The van der Waals surface area contributed by atoms with Gasteiger partial charge in [-0.05, 0) is 54.4 Å². The molecule has 0 saturated heterocycles. The van der Waals surface area contributed by atoms with Gasteiger partial charge in [-0.25, -0.2) is 4.79 Å². The van der Waals surface area contributed by atoms with Crippen molar-refractivity contribution >= 4 is 28.7 Å². The van der Waals surface area contributed by atoms with E-state index in [-0.39, 0.29) is 10.8 Å². The van der Waals surface area contributed by atoms with Gasteiger partial charge in [-0.2, -0.15) is 0 Å². The largest absolute Gasteiger partial charge is 0.514 e. The molecule has 0 aromatic heterocycles. The predicted molar refractivity (Wildman–Crippen MR) is 118 cm³/mol. The third-order valence-electron chi connectivity index (χ3n) is 3.94. The molecule has 1 aromatic carbocycles. The molecule has 4 heteroatoms. The Kier molecular flexibility index (Phi) is 7.59. The average Bonchev–Trinajstić information content (AvgIpc) is 2.41. The van der Waals surface area contributed by atoms with E-state index < -0.39 is 11.8 Å². The van der Waals surface area contributed by atoms with Crippen LogP contribution in [0.25, 0.3) is 0 Å². The molecule has 1 aromatic rings. The average molecular weight is 474 g/mol. The number of rotatable bonds is 4. The van der Waals surface area contributed by atoms with E-state index in [0.29, 0.717) is 5.75 Å². The lowest BCUT2D eigenvalue weighted by Gasteiger charge is -2.30. The van der Waals surface area contributed by atoms with Crippen LogP contribution < -0.4 is 4.74 Å². The second-order valence-electron chi connectivity index (χ2n) is 9.88. The number of halogens is 1. The van der Waals surface area contributed by atoms with E-state index in [1.54, 1.807) is 0 Å². The van der Waals surface area contributed by atoms with Gasteiger partial charge in [0.25, 0.3) is 0 Å². The van der Waals surface area contributed by atoms with E-state index in [4.69, 9.17) is 9.47 Å². The van der Waals surface area contributed by atoms with Gasteiger partial charge in [0.1, 0.15) is 11.4 Å². The van der Waals surface area contributed by atoms with Crippen LogP contribution in [0.15, 0.2) is 12.1 Å². The van der Waals surface area contributed by atoms with Crippen molar-refractivity contribution in [2.75, 3.05) is 4.43 Å². The summed E-state index contributed by atoms with van der Waals surface area (Å²) >= 11 is 2.41. The third kappa shape index (κ3) is 7.09. The molecule has 3 nitrogen and oxygen atoms in total. The highest BCUT2D eigenvalue weighted by Crippen LogP contribution is 2.41. The minimum atomic E-state index is -0.645. The molecule has 0 aliphatic rings. The first kappa shape index (κ1) is 23.3. The molecule has 0 bridgehead atoms. The van der Waals surface area contributed by atoms with E-state index in [0.717, 1.165) is 28.4 Å². The maximum absolute atomic E-state index is 12.4. The number of aryl methyl sites for hydroxylation is 1. The lowest BCUT2D eigenvalue weighted by Crippen LogP contribution is -2.28. The topological polar surface area (TPSA) is 35.5 Å². The van der Waals surface area contributed by atoms with Crippen LogP contribution >= 0.6 is 22.6 Å². The normalized spacial score (nSPS) is 12.8. The maximum Gasteiger partial charge on any atom is 0.514 e. The molecule has 0 atom stereocenters. The molecule has 1 rings (SSSR count). The summed E-state index contributed by atoms with van der Waals surface area (Å²) in [5.74, 6) is 0.650. The van der Waals surface area contributed by atoms with Crippen LogP contribution in [0, 0.1) is 0 Å². The quantitative estimate of drug-likeness (QED) is 0.205. The number of hydrogen-bond acceptors (Lipinski definition) is 3. The van der Waals surface area contributed by atoms with Gasteiger partial charge in [-0.15, -0.1) is 0 Å². The van der Waals surface area contributed by atoms with E-state index >= 15 is 0 Å². The molecule has 0 radical (unpaired) electrons. The smallest absolute Gasteiger partial charge is 0.428 e. The monoisotopic (exact) mass is 474 g/mol. The lowest BCUT2D eigenvalue weighted by atomic mass is 9.78. The van der Waals surface area contributed by atoms with Gasteiger partial charge in [0.15, 0.2) is 0 Å². The fourth-order valence-corrected chi connectivity index (χ4v) is 3.06. The zero-order valence-electron chi connectivity index (χ0n) is 17.9. The Morgan fingerprint density at radius 3 is 1.73 bits per heavy atom. The zero-order chi connectivity index (χ0) is 20.3. The van der Waals surface area contributed by atoms with Crippen molar-refractivity contribution in [1.29, 1.82) is 0 Å². The molecule has 26 heavy (non-hydrogen) atoms. The van der Waals surface area contributed by atoms with E-state index in [9.17, 15) is 4.79 Å². The number of hydrogen-bond donors (Lipinski definition) is 0. The minimum Gasteiger partial charge on any atom is -0.428 e. The van der Waals surface area contributed by atoms with Crippen LogP contribution in [0.3, 0.4) is 0 Å². The highest BCUT2D eigenvalue weighted by Gasteiger charge is 2.30. The van der Waals surface area contributed by atoms with Crippen molar-refractivity contribution in [1.82, 2.24) is 0 Å². The number of carbonyl (C=O) groups excluding carboxylic acids is 1. The summed E-state index contributed by atoms with van der Waals surface area (Å²) in [4.78, 5) is 12.4. The molecule has 0 aliphatic heterocycles. The molecule has 148 valence electrons. The van der Waals surface area contributed by atoms with Gasteiger partial charge in [0.05, 0.1) is 0 Å². The summed E-state index contributed by atoms with van der Waals surface area (Å²) in [6.45, 7) is 18.4. The second-order valence-corrected chi connectivity index (χ2v) is 11.0. The Morgan fingerprint density at radius 2 is 1.38 bits per heavy atom. The van der Waals surface area contributed by atoms with Gasteiger partial charge < -0.3 is 9.47 Å². The Labute approximate surface area is 173 Å². The Balaban J connectivity index is 3.50. The molecule has 0 amide bonds. The summed E-state index contributed by atoms with van der Waals surface area (Å²) < 4.78 is 12.3. The van der Waals surface area contributed by atoms with Crippen molar-refractivity contribution in [3.05, 3.63) is 28.8 Å². The molecular weight excluding hydrogens is 439 g/mol. The Hall–Kier alpha value is -0.780. The first-order chi connectivity index (χ1) is 11.6. The highest BCUT2D eigenvalue weighted by molar-refractivity contribution is 14.1. The van der Waals surface area contributed by atoms with Crippen molar-refractivity contribution in [3.8, 4) is 5.75 Å². The van der Waals surface area contributed by atoms with E-state index in [1.165, 1.54) is 5.56 Å². The van der Waals surface area contributed by atoms with Gasteiger partial charge in [0, 0.05) is 11.1 Å². The minimum absolute atomic E-state index is 0.141. The van der Waals surface area contributed by atoms with Crippen molar-refractivity contribution in [3.63, 3.8) is 0 Å². The number of alkyl halides is 1. The number of benzene rings is 1. The number of carbonyl (C=O) groups is 1. The molecule has 0 spiro atoms. The lowest BCUT2D eigenvalue weighted by molar-refractivity contribution is 0.0199. The van der Waals surface area contributed by atoms with Gasteiger partial charge >= 0.3 is 6.16 Å². The van der Waals surface area contributed by atoms with Crippen molar-refractivity contribution in [2.24, 2.45) is 0 Å². The SMILES string of the molecule is CC(C)(C)OC(=O)Oc1c(C(C)(C)C)cc(CCCI)cc1C(C)(C)C. The number of ether oxygens (including phenoxy) is 2. The molecule has 0 saturated carbocycles. The molecule has 0 N–H and O–H groups in total. The van der Waals surface area contributed by atoms with Crippen LogP contribution in [0.2, 0.25) is 0 Å². The summed E-state index contributed by atoms with van der Waals surface area (Å²) in [5.41, 5.74) is 2.54. The van der Waals surface area contributed by atoms with Crippen LogP contribution in [-0.2, 0) is 22.0 Å². The first-order valence-corrected chi connectivity index (χ1v) is 10.8. The van der Waals surface area contributed by atoms with Crippen LogP contribution in [-0.4, -0.2) is 16.2 Å². The first-order valence-electron chi connectivity index (χ1n) is 9.30. The zero-order valence-corrected chi connectivity index (χ0v) is 20.0. The van der Waals surface area contributed by atoms with Crippen molar-refractivity contribution < 1.29 is 14.3 Å².